The lowest BCUT2D eigenvalue weighted by molar-refractivity contribution is -0.130. The Bertz CT molecular complexity index is 208. The van der Waals surface area contributed by atoms with E-state index in [1.807, 2.05) is 18.7 Å². The molecule has 1 heterocycles. The van der Waals surface area contributed by atoms with Crippen molar-refractivity contribution in [3.8, 4) is 0 Å². The van der Waals surface area contributed by atoms with E-state index in [2.05, 4.69) is 12.6 Å². The van der Waals surface area contributed by atoms with E-state index >= 15 is 0 Å². The third-order valence-electron chi connectivity index (χ3n) is 2.74. The predicted molar refractivity (Wildman–Crippen MR) is 59.4 cm³/mol. The largest absolute Gasteiger partial charge is 0.396 e. The number of amides is 1. The zero-order valence-electron chi connectivity index (χ0n) is 8.81. The summed E-state index contributed by atoms with van der Waals surface area (Å²) in [7, 11) is 0. The van der Waals surface area contributed by atoms with Gasteiger partial charge in [0.1, 0.15) is 0 Å². The van der Waals surface area contributed by atoms with Gasteiger partial charge in [-0.05, 0) is 12.3 Å². The number of rotatable bonds is 3. The molecule has 1 aliphatic heterocycles. The molecule has 4 heteroatoms. The fraction of sp³-hybridized carbons (Fsp3) is 0.900. The standard InChI is InChI=1S/C10H19NO2S/c1-7(2)9(14)10(13)11-4-3-8(5-11)6-12/h7-9,12,14H,3-6H2,1-2H3. The van der Waals surface area contributed by atoms with Crippen molar-refractivity contribution in [3.63, 3.8) is 0 Å². The normalized spacial score (nSPS) is 24.4. The Morgan fingerprint density at radius 3 is 2.71 bits per heavy atom. The van der Waals surface area contributed by atoms with Crippen LogP contribution in [0.25, 0.3) is 0 Å². The van der Waals surface area contributed by atoms with Crippen molar-refractivity contribution in [1.82, 2.24) is 4.90 Å². The molecule has 0 aromatic rings. The van der Waals surface area contributed by atoms with Gasteiger partial charge < -0.3 is 10.0 Å². The first-order valence-corrected chi connectivity index (χ1v) is 5.65. The highest BCUT2D eigenvalue weighted by molar-refractivity contribution is 7.81. The summed E-state index contributed by atoms with van der Waals surface area (Å²) >= 11 is 4.30. The topological polar surface area (TPSA) is 40.5 Å². The Kier molecular flexibility index (Phi) is 4.26. The Morgan fingerprint density at radius 1 is 1.64 bits per heavy atom. The number of hydrogen-bond donors (Lipinski definition) is 2. The van der Waals surface area contributed by atoms with Crippen molar-refractivity contribution in [1.29, 1.82) is 0 Å². The first-order chi connectivity index (χ1) is 6.56. The summed E-state index contributed by atoms with van der Waals surface area (Å²) < 4.78 is 0. The molecule has 2 unspecified atom stereocenters. The monoisotopic (exact) mass is 217 g/mol. The fourth-order valence-electron chi connectivity index (χ4n) is 1.65. The quantitative estimate of drug-likeness (QED) is 0.686. The zero-order chi connectivity index (χ0) is 10.7. The molecule has 1 rings (SSSR count). The van der Waals surface area contributed by atoms with Gasteiger partial charge in [0.15, 0.2) is 0 Å². The van der Waals surface area contributed by atoms with Gasteiger partial charge in [0.25, 0.3) is 0 Å². The zero-order valence-corrected chi connectivity index (χ0v) is 9.70. The van der Waals surface area contributed by atoms with E-state index in [1.165, 1.54) is 0 Å². The molecule has 1 aliphatic rings. The van der Waals surface area contributed by atoms with Gasteiger partial charge in [0, 0.05) is 25.6 Å². The van der Waals surface area contributed by atoms with Gasteiger partial charge in [-0.1, -0.05) is 13.8 Å². The van der Waals surface area contributed by atoms with Crippen LogP contribution in [-0.4, -0.2) is 40.9 Å². The number of nitrogens with zero attached hydrogens (tertiary/aromatic N) is 1. The second-order valence-electron chi connectivity index (χ2n) is 4.31. The van der Waals surface area contributed by atoms with E-state index < -0.39 is 0 Å². The molecule has 0 aromatic carbocycles. The summed E-state index contributed by atoms with van der Waals surface area (Å²) in [6.45, 7) is 5.64. The number of aliphatic hydroxyl groups excluding tert-OH is 1. The van der Waals surface area contributed by atoms with Gasteiger partial charge >= 0.3 is 0 Å². The van der Waals surface area contributed by atoms with Crippen LogP contribution in [0.1, 0.15) is 20.3 Å². The number of aliphatic hydroxyl groups is 1. The van der Waals surface area contributed by atoms with E-state index in [0.717, 1.165) is 13.0 Å². The Balaban J connectivity index is 2.47. The molecule has 0 saturated carbocycles. The highest BCUT2D eigenvalue weighted by Crippen LogP contribution is 2.20. The van der Waals surface area contributed by atoms with Gasteiger partial charge in [0.2, 0.25) is 5.91 Å². The molecule has 2 atom stereocenters. The molecule has 1 fully saturated rings. The lowest BCUT2D eigenvalue weighted by Crippen LogP contribution is -2.37. The molecule has 0 aliphatic carbocycles. The molecule has 1 amide bonds. The molecule has 1 N–H and O–H groups in total. The predicted octanol–water partition coefficient (Wildman–Crippen LogP) is 0.782. The first kappa shape index (κ1) is 11.9. The van der Waals surface area contributed by atoms with E-state index in [1.54, 1.807) is 0 Å². The van der Waals surface area contributed by atoms with E-state index in [9.17, 15) is 4.79 Å². The van der Waals surface area contributed by atoms with Gasteiger partial charge in [-0.3, -0.25) is 4.79 Å². The lowest BCUT2D eigenvalue weighted by Gasteiger charge is -2.22. The molecular formula is C10H19NO2S. The van der Waals surface area contributed by atoms with Crippen LogP contribution in [0, 0.1) is 11.8 Å². The highest BCUT2D eigenvalue weighted by atomic mass is 32.1. The SMILES string of the molecule is CC(C)C(S)C(=O)N1CCC(CO)C1. The second-order valence-corrected chi connectivity index (χ2v) is 4.87. The molecule has 0 bridgehead atoms. The van der Waals surface area contributed by atoms with Crippen LogP contribution >= 0.6 is 12.6 Å². The third kappa shape index (κ3) is 2.64. The van der Waals surface area contributed by atoms with Crippen LogP contribution in [0.5, 0.6) is 0 Å². The van der Waals surface area contributed by atoms with Crippen LogP contribution in [0.2, 0.25) is 0 Å². The van der Waals surface area contributed by atoms with E-state index in [4.69, 9.17) is 5.11 Å². The first-order valence-electron chi connectivity index (χ1n) is 5.14. The minimum atomic E-state index is -0.201. The van der Waals surface area contributed by atoms with Crippen molar-refractivity contribution in [3.05, 3.63) is 0 Å². The molecule has 0 aromatic heterocycles. The maximum atomic E-state index is 11.8. The van der Waals surface area contributed by atoms with Crippen molar-refractivity contribution in [2.75, 3.05) is 19.7 Å². The van der Waals surface area contributed by atoms with Crippen molar-refractivity contribution >= 4 is 18.5 Å². The summed E-state index contributed by atoms with van der Waals surface area (Å²) in [5, 5.41) is 8.75. The van der Waals surface area contributed by atoms with Crippen LogP contribution < -0.4 is 0 Å². The minimum Gasteiger partial charge on any atom is -0.396 e. The summed E-state index contributed by atoms with van der Waals surface area (Å²) in [5.41, 5.74) is 0. The number of carbonyl (C=O) groups is 1. The van der Waals surface area contributed by atoms with Crippen LogP contribution in [0.3, 0.4) is 0 Å². The molecule has 0 spiro atoms. The molecular weight excluding hydrogens is 198 g/mol. The highest BCUT2D eigenvalue weighted by Gasteiger charge is 2.29. The summed E-state index contributed by atoms with van der Waals surface area (Å²) in [5.74, 6) is 0.643. The molecule has 3 nitrogen and oxygen atoms in total. The van der Waals surface area contributed by atoms with Gasteiger partial charge in [-0.2, -0.15) is 12.6 Å². The van der Waals surface area contributed by atoms with Gasteiger partial charge in [-0.25, -0.2) is 0 Å². The van der Waals surface area contributed by atoms with Crippen LogP contribution in [0.15, 0.2) is 0 Å². The fourth-order valence-corrected chi connectivity index (χ4v) is 1.82. The molecule has 0 radical (unpaired) electrons. The van der Waals surface area contributed by atoms with Crippen molar-refractivity contribution < 1.29 is 9.90 Å². The maximum Gasteiger partial charge on any atom is 0.235 e. The summed E-state index contributed by atoms with van der Waals surface area (Å²) in [6, 6.07) is 0. The smallest absolute Gasteiger partial charge is 0.235 e. The number of likely N-dealkylation sites (tertiary alicyclic amines) is 1. The Hall–Kier alpha value is -0.220. The van der Waals surface area contributed by atoms with E-state index in [-0.39, 0.29) is 29.6 Å². The second kappa shape index (κ2) is 5.03. The molecule has 14 heavy (non-hydrogen) atoms. The molecule has 1 saturated heterocycles. The van der Waals surface area contributed by atoms with Gasteiger partial charge in [0.05, 0.1) is 5.25 Å². The number of hydrogen-bond acceptors (Lipinski definition) is 3. The summed E-state index contributed by atoms with van der Waals surface area (Å²) in [6.07, 6.45) is 0.917. The number of thiol groups is 1. The van der Waals surface area contributed by atoms with Crippen molar-refractivity contribution in [2.24, 2.45) is 11.8 Å². The number of carbonyl (C=O) groups excluding carboxylic acids is 1. The van der Waals surface area contributed by atoms with Gasteiger partial charge in [-0.15, -0.1) is 0 Å². The average molecular weight is 217 g/mol. The Morgan fingerprint density at radius 2 is 2.29 bits per heavy atom. The third-order valence-corrected chi connectivity index (χ3v) is 3.56. The summed E-state index contributed by atoms with van der Waals surface area (Å²) in [4.78, 5) is 13.6. The maximum absolute atomic E-state index is 11.8. The average Bonchev–Trinajstić information content (AvgIpc) is 2.63. The van der Waals surface area contributed by atoms with Crippen LogP contribution in [0.4, 0.5) is 0 Å². The molecule has 82 valence electrons. The van der Waals surface area contributed by atoms with E-state index in [0.29, 0.717) is 6.54 Å². The Labute approximate surface area is 90.9 Å². The lowest BCUT2D eigenvalue weighted by atomic mass is 10.1. The van der Waals surface area contributed by atoms with Crippen LogP contribution in [-0.2, 0) is 4.79 Å². The minimum absolute atomic E-state index is 0.110. The van der Waals surface area contributed by atoms with Crippen molar-refractivity contribution in [2.45, 2.75) is 25.5 Å².